The van der Waals surface area contributed by atoms with Crippen LogP contribution >= 0.6 is 0 Å². The molecule has 1 aromatic carbocycles. The maximum atomic E-state index is 8.40. The summed E-state index contributed by atoms with van der Waals surface area (Å²) in [7, 11) is 1.73. The molecule has 1 aliphatic rings. The third-order valence-corrected chi connectivity index (χ3v) is 5.31. The number of para-hydroxylation sites is 1. The summed E-state index contributed by atoms with van der Waals surface area (Å²) in [6, 6.07) is 8.06. The van der Waals surface area contributed by atoms with Gasteiger partial charge in [-0.3, -0.25) is 15.5 Å². The normalized spacial score (nSPS) is 16.0. The van der Waals surface area contributed by atoms with Crippen LogP contribution in [-0.2, 0) is 9.47 Å². The number of nitrogens with one attached hydrogen (secondary N) is 2. The SMILES string of the molecule is COCCCN1CCC(C(=N)OC(=N)c2nn(C(C)C)c3ccccc23)CC1. The molecule has 0 spiro atoms. The summed E-state index contributed by atoms with van der Waals surface area (Å²) >= 11 is 0. The number of benzene rings is 1. The second-order valence-corrected chi connectivity index (χ2v) is 7.66. The number of piperidine rings is 1. The summed E-state index contributed by atoms with van der Waals surface area (Å²) in [5.41, 5.74) is 1.49. The summed E-state index contributed by atoms with van der Waals surface area (Å²) in [6.07, 6.45) is 2.81. The summed E-state index contributed by atoms with van der Waals surface area (Å²) < 4.78 is 12.7. The summed E-state index contributed by atoms with van der Waals surface area (Å²) in [5.74, 6) is 0.213. The number of fused-ring (bicyclic) bond motifs is 1. The first-order chi connectivity index (χ1) is 13.5. The van der Waals surface area contributed by atoms with E-state index in [-0.39, 0.29) is 23.8 Å². The highest BCUT2D eigenvalue weighted by atomic mass is 16.5. The number of ether oxygens (including phenoxy) is 2. The van der Waals surface area contributed by atoms with Crippen molar-refractivity contribution in [2.45, 2.75) is 39.2 Å². The van der Waals surface area contributed by atoms with Crippen LogP contribution in [-0.4, -0.2) is 59.8 Å². The van der Waals surface area contributed by atoms with Crippen molar-refractivity contribution in [2.75, 3.05) is 33.4 Å². The summed E-state index contributed by atoms with van der Waals surface area (Å²) in [5, 5.41) is 22.2. The predicted molar refractivity (Wildman–Crippen MR) is 111 cm³/mol. The second kappa shape index (κ2) is 9.30. The fourth-order valence-corrected chi connectivity index (χ4v) is 3.74. The van der Waals surface area contributed by atoms with Gasteiger partial charge in [0.05, 0.1) is 5.52 Å². The van der Waals surface area contributed by atoms with Gasteiger partial charge in [-0.25, -0.2) is 0 Å². The number of nitrogens with zero attached hydrogens (tertiary/aromatic N) is 3. The van der Waals surface area contributed by atoms with E-state index in [1.165, 1.54) is 0 Å². The van der Waals surface area contributed by atoms with E-state index in [4.69, 9.17) is 20.3 Å². The molecule has 1 aromatic heterocycles. The number of rotatable bonds is 7. The summed E-state index contributed by atoms with van der Waals surface area (Å²) in [4.78, 5) is 2.41. The molecular weight excluding hydrogens is 354 g/mol. The van der Waals surface area contributed by atoms with Crippen LogP contribution < -0.4 is 0 Å². The Labute approximate surface area is 166 Å². The van der Waals surface area contributed by atoms with E-state index in [2.05, 4.69) is 23.8 Å². The fourth-order valence-electron chi connectivity index (χ4n) is 3.74. The molecule has 7 heteroatoms. The minimum absolute atomic E-state index is 0.0388. The Morgan fingerprint density at radius 1 is 1.21 bits per heavy atom. The van der Waals surface area contributed by atoms with Crippen LogP contribution in [0.25, 0.3) is 10.9 Å². The molecule has 1 saturated heterocycles. The number of hydrogen-bond acceptors (Lipinski definition) is 6. The minimum atomic E-state index is -0.0388. The van der Waals surface area contributed by atoms with Crippen molar-refractivity contribution < 1.29 is 9.47 Å². The van der Waals surface area contributed by atoms with Gasteiger partial charge < -0.3 is 14.4 Å². The molecule has 2 aromatic rings. The first-order valence-corrected chi connectivity index (χ1v) is 10.0. The maximum absolute atomic E-state index is 8.40. The summed E-state index contributed by atoms with van der Waals surface area (Å²) in [6.45, 7) is 7.86. The van der Waals surface area contributed by atoms with E-state index >= 15 is 0 Å². The molecule has 3 rings (SSSR count). The second-order valence-electron chi connectivity index (χ2n) is 7.66. The standard InChI is InChI=1S/C21H31N5O2/c1-15(2)26-18-8-5-4-7-17(18)19(24-26)21(23)28-20(22)16-9-12-25(13-10-16)11-6-14-27-3/h4-5,7-8,15-16,22-23H,6,9-14H2,1-3H3. The van der Waals surface area contributed by atoms with Crippen LogP contribution in [0.1, 0.15) is 44.8 Å². The molecule has 0 unspecified atom stereocenters. The molecule has 28 heavy (non-hydrogen) atoms. The molecule has 0 amide bonds. The third kappa shape index (κ3) is 4.59. The molecular formula is C21H31N5O2. The van der Waals surface area contributed by atoms with Gasteiger partial charge in [0.2, 0.25) is 5.90 Å². The monoisotopic (exact) mass is 385 g/mol. The lowest BCUT2D eigenvalue weighted by Crippen LogP contribution is -2.38. The van der Waals surface area contributed by atoms with Gasteiger partial charge in [-0.1, -0.05) is 18.2 Å². The van der Waals surface area contributed by atoms with Crippen LogP contribution in [0.15, 0.2) is 24.3 Å². The molecule has 0 bridgehead atoms. The lowest BCUT2D eigenvalue weighted by molar-refractivity contribution is 0.154. The Bertz CT molecular complexity index is 821. The Kier molecular flexibility index (Phi) is 6.80. The van der Waals surface area contributed by atoms with Crippen molar-refractivity contribution in [3.05, 3.63) is 30.0 Å². The van der Waals surface area contributed by atoms with Gasteiger partial charge in [-0.05, 0) is 52.3 Å². The van der Waals surface area contributed by atoms with Crippen LogP contribution in [0.5, 0.6) is 0 Å². The Hall–Kier alpha value is -2.25. The van der Waals surface area contributed by atoms with Gasteiger partial charge in [0.15, 0.2) is 11.6 Å². The molecule has 0 atom stereocenters. The predicted octanol–water partition coefficient (Wildman–Crippen LogP) is 3.68. The highest BCUT2D eigenvalue weighted by Gasteiger charge is 2.26. The van der Waals surface area contributed by atoms with Gasteiger partial charge in [-0.2, -0.15) is 5.10 Å². The van der Waals surface area contributed by atoms with Crippen molar-refractivity contribution in [3.8, 4) is 0 Å². The molecule has 2 N–H and O–H groups in total. The van der Waals surface area contributed by atoms with Gasteiger partial charge in [-0.15, -0.1) is 0 Å². The molecule has 152 valence electrons. The van der Waals surface area contributed by atoms with E-state index < -0.39 is 0 Å². The van der Waals surface area contributed by atoms with Crippen LogP contribution in [0.4, 0.5) is 0 Å². The number of methoxy groups -OCH3 is 1. The average molecular weight is 386 g/mol. The fraction of sp³-hybridized carbons (Fsp3) is 0.571. The van der Waals surface area contributed by atoms with Gasteiger partial charge in [0.25, 0.3) is 0 Å². The number of aromatic nitrogens is 2. The molecule has 1 fully saturated rings. The van der Waals surface area contributed by atoms with Crippen LogP contribution in [0.2, 0.25) is 0 Å². The molecule has 0 saturated carbocycles. The zero-order valence-electron chi connectivity index (χ0n) is 17.1. The Balaban J connectivity index is 1.61. The lowest BCUT2D eigenvalue weighted by atomic mass is 9.96. The average Bonchev–Trinajstić information content (AvgIpc) is 3.09. The van der Waals surface area contributed by atoms with E-state index in [9.17, 15) is 0 Å². The molecule has 0 radical (unpaired) electrons. The van der Waals surface area contributed by atoms with Crippen molar-refractivity contribution in [1.82, 2.24) is 14.7 Å². The van der Waals surface area contributed by atoms with Crippen molar-refractivity contribution in [3.63, 3.8) is 0 Å². The van der Waals surface area contributed by atoms with Crippen LogP contribution in [0.3, 0.4) is 0 Å². The first-order valence-electron chi connectivity index (χ1n) is 10.0. The topological polar surface area (TPSA) is 87.2 Å². The van der Waals surface area contributed by atoms with E-state index in [0.29, 0.717) is 5.69 Å². The molecule has 0 aliphatic carbocycles. The highest BCUT2D eigenvalue weighted by molar-refractivity contribution is 6.07. The third-order valence-electron chi connectivity index (χ3n) is 5.31. The van der Waals surface area contributed by atoms with Crippen LogP contribution in [0, 0.1) is 16.7 Å². The number of likely N-dealkylation sites (tertiary alicyclic amines) is 1. The zero-order valence-corrected chi connectivity index (χ0v) is 17.1. The van der Waals surface area contributed by atoms with E-state index in [1.54, 1.807) is 7.11 Å². The van der Waals surface area contributed by atoms with E-state index in [0.717, 1.165) is 56.4 Å². The lowest BCUT2D eigenvalue weighted by Gasteiger charge is -2.31. The smallest absolute Gasteiger partial charge is 0.242 e. The van der Waals surface area contributed by atoms with Crippen molar-refractivity contribution >= 4 is 22.7 Å². The van der Waals surface area contributed by atoms with Gasteiger partial charge >= 0.3 is 0 Å². The van der Waals surface area contributed by atoms with Crippen molar-refractivity contribution in [1.29, 1.82) is 10.8 Å². The molecule has 1 aliphatic heterocycles. The maximum Gasteiger partial charge on any atom is 0.242 e. The Morgan fingerprint density at radius 2 is 1.93 bits per heavy atom. The highest BCUT2D eigenvalue weighted by Crippen LogP contribution is 2.24. The quantitative estimate of drug-likeness (QED) is 0.432. The number of hydrogen-bond donors (Lipinski definition) is 2. The minimum Gasteiger partial charge on any atom is -0.423 e. The van der Waals surface area contributed by atoms with E-state index in [1.807, 2.05) is 28.9 Å². The first kappa shape index (κ1) is 20.5. The molecule has 2 heterocycles. The van der Waals surface area contributed by atoms with Gasteiger partial charge in [0.1, 0.15) is 0 Å². The van der Waals surface area contributed by atoms with Crippen molar-refractivity contribution in [2.24, 2.45) is 5.92 Å². The largest absolute Gasteiger partial charge is 0.423 e. The Morgan fingerprint density at radius 3 is 2.61 bits per heavy atom. The molecule has 7 nitrogen and oxygen atoms in total. The zero-order chi connectivity index (χ0) is 20.1. The van der Waals surface area contributed by atoms with Gasteiger partial charge in [0, 0.05) is 37.6 Å².